The molecular formula is C14H10BrClFNO. The molecule has 0 bridgehead atoms. The van der Waals surface area contributed by atoms with Crippen LogP contribution in [-0.4, -0.2) is 5.91 Å². The van der Waals surface area contributed by atoms with Crippen molar-refractivity contribution >= 4 is 39.1 Å². The number of anilines is 1. The molecule has 0 heterocycles. The first-order valence-corrected chi connectivity index (χ1v) is 6.67. The number of benzene rings is 2. The fraction of sp³-hybridized carbons (Fsp3) is 0.0714. The predicted octanol–water partition coefficient (Wildman–Crippen LogP) is 4.80. The molecule has 19 heavy (non-hydrogen) atoms. The number of carbonyl (C=O) groups excluding carboxylic acids is 1. The van der Waals surface area contributed by atoms with Crippen LogP contribution in [0.2, 0.25) is 5.02 Å². The molecular weight excluding hydrogens is 333 g/mol. The van der Waals surface area contributed by atoms with Gasteiger partial charge in [-0.15, -0.1) is 0 Å². The topological polar surface area (TPSA) is 29.1 Å². The summed E-state index contributed by atoms with van der Waals surface area (Å²) in [6.07, 6.45) is 0. The molecule has 0 fully saturated rings. The zero-order valence-corrected chi connectivity index (χ0v) is 12.3. The molecule has 0 aliphatic carbocycles. The highest BCUT2D eigenvalue weighted by Gasteiger charge is 2.13. The largest absolute Gasteiger partial charge is 0.321 e. The summed E-state index contributed by atoms with van der Waals surface area (Å²) < 4.78 is 14.5. The highest BCUT2D eigenvalue weighted by molar-refractivity contribution is 9.10. The van der Waals surface area contributed by atoms with E-state index in [-0.39, 0.29) is 5.56 Å². The highest BCUT2D eigenvalue weighted by Crippen LogP contribution is 2.26. The molecule has 0 saturated heterocycles. The summed E-state index contributed by atoms with van der Waals surface area (Å²) in [5.74, 6) is -1.08. The van der Waals surface area contributed by atoms with Gasteiger partial charge < -0.3 is 5.32 Å². The van der Waals surface area contributed by atoms with Crippen molar-refractivity contribution in [1.82, 2.24) is 0 Å². The Labute approximate surface area is 123 Å². The zero-order valence-electron chi connectivity index (χ0n) is 10.0. The molecule has 5 heteroatoms. The van der Waals surface area contributed by atoms with Crippen LogP contribution in [-0.2, 0) is 0 Å². The Hall–Kier alpha value is -1.39. The maximum absolute atomic E-state index is 13.7. The molecule has 1 N–H and O–H groups in total. The Bertz CT molecular complexity index is 645. The smallest absolute Gasteiger partial charge is 0.258 e. The zero-order chi connectivity index (χ0) is 14.0. The first kappa shape index (κ1) is 14.0. The summed E-state index contributed by atoms with van der Waals surface area (Å²) in [5, 5.41) is 2.97. The van der Waals surface area contributed by atoms with E-state index in [0.29, 0.717) is 10.7 Å². The van der Waals surface area contributed by atoms with Gasteiger partial charge in [-0.05, 0) is 42.8 Å². The molecule has 0 aliphatic rings. The number of hydrogen-bond acceptors (Lipinski definition) is 1. The molecule has 2 aromatic carbocycles. The second-order valence-electron chi connectivity index (χ2n) is 4.06. The molecule has 0 unspecified atom stereocenters. The van der Waals surface area contributed by atoms with E-state index in [1.165, 1.54) is 12.1 Å². The lowest BCUT2D eigenvalue weighted by Crippen LogP contribution is -2.14. The maximum Gasteiger partial charge on any atom is 0.258 e. The van der Waals surface area contributed by atoms with Crippen LogP contribution in [0.5, 0.6) is 0 Å². The van der Waals surface area contributed by atoms with Gasteiger partial charge in [-0.2, -0.15) is 0 Å². The van der Waals surface area contributed by atoms with E-state index in [0.717, 1.165) is 10.0 Å². The van der Waals surface area contributed by atoms with Crippen LogP contribution in [0.25, 0.3) is 0 Å². The molecule has 0 aromatic heterocycles. The van der Waals surface area contributed by atoms with Crippen molar-refractivity contribution in [3.05, 3.63) is 62.8 Å². The molecule has 0 aliphatic heterocycles. The van der Waals surface area contributed by atoms with Crippen molar-refractivity contribution in [1.29, 1.82) is 0 Å². The Morgan fingerprint density at radius 1 is 1.26 bits per heavy atom. The second-order valence-corrected chi connectivity index (χ2v) is 5.38. The standard InChI is InChI=1S/C14H10BrClFNO/c1-8-2-4-10(12(17)6-8)14(19)18-13-5-3-9(15)7-11(13)16/h2-7H,1H3,(H,18,19). The van der Waals surface area contributed by atoms with Crippen LogP contribution in [0.4, 0.5) is 10.1 Å². The van der Waals surface area contributed by atoms with Gasteiger partial charge in [0.2, 0.25) is 0 Å². The van der Waals surface area contributed by atoms with Crippen LogP contribution in [0.3, 0.4) is 0 Å². The summed E-state index contributed by atoms with van der Waals surface area (Å²) in [5.41, 5.74) is 1.19. The van der Waals surface area contributed by atoms with Crippen LogP contribution in [0.15, 0.2) is 40.9 Å². The van der Waals surface area contributed by atoms with Crippen molar-refractivity contribution in [2.45, 2.75) is 6.92 Å². The third kappa shape index (κ3) is 3.33. The fourth-order valence-electron chi connectivity index (χ4n) is 1.58. The number of aryl methyl sites for hydroxylation is 1. The molecule has 0 saturated carbocycles. The number of nitrogens with one attached hydrogen (secondary N) is 1. The van der Waals surface area contributed by atoms with E-state index < -0.39 is 11.7 Å². The van der Waals surface area contributed by atoms with E-state index in [1.54, 1.807) is 31.2 Å². The van der Waals surface area contributed by atoms with Crippen molar-refractivity contribution in [2.24, 2.45) is 0 Å². The molecule has 0 atom stereocenters. The normalized spacial score (nSPS) is 10.3. The van der Waals surface area contributed by atoms with Crippen LogP contribution in [0.1, 0.15) is 15.9 Å². The van der Waals surface area contributed by atoms with Gasteiger partial charge in [0.25, 0.3) is 5.91 Å². The summed E-state index contributed by atoms with van der Waals surface area (Å²) >= 11 is 9.26. The lowest BCUT2D eigenvalue weighted by atomic mass is 10.1. The summed E-state index contributed by atoms with van der Waals surface area (Å²) in [6.45, 7) is 1.76. The first-order chi connectivity index (χ1) is 8.97. The minimum atomic E-state index is -0.550. The van der Waals surface area contributed by atoms with Gasteiger partial charge in [-0.3, -0.25) is 4.79 Å². The van der Waals surface area contributed by atoms with Crippen molar-refractivity contribution in [2.75, 3.05) is 5.32 Å². The van der Waals surface area contributed by atoms with E-state index >= 15 is 0 Å². The van der Waals surface area contributed by atoms with Crippen LogP contribution >= 0.6 is 27.5 Å². The van der Waals surface area contributed by atoms with E-state index in [4.69, 9.17) is 11.6 Å². The average molecular weight is 343 g/mol. The number of halogens is 3. The minimum absolute atomic E-state index is 0.00964. The van der Waals surface area contributed by atoms with Crippen molar-refractivity contribution in [3.8, 4) is 0 Å². The Kier molecular flexibility index (Phi) is 4.22. The molecule has 0 spiro atoms. The molecule has 2 rings (SSSR count). The van der Waals surface area contributed by atoms with Gasteiger partial charge in [0.1, 0.15) is 5.82 Å². The summed E-state index contributed by atoms with van der Waals surface area (Å²) in [4.78, 5) is 12.0. The van der Waals surface area contributed by atoms with Gasteiger partial charge in [0.05, 0.1) is 16.3 Å². The average Bonchev–Trinajstić information content (AvgIpc) is 2.32. The van der Waals surface area contributed by atoms with Gasteiger partial charge in [-0.25, -0.2) is 4.39 Å². The number of hydrogen-bond donors (Lipinski definition) is 1. The Morgan fingerprint density at radius 3 is 2.63 bits per heavy atom. The molecule has 2 aromatic rings. The van der Waals surface area contributed by atoms with Crippen LogP contribution in [0, 0.1) is 12.7 Å². The van der Waals surface area contributed by atoms with Gasteiger partial charge in [0, 0.05) is 4.47 Å². The van der Waals surface area contributed by atoms with Crippen molar-refractivity contribution in [3.63, 3.8) is 0 Å². The second kappa shape index (κ2) is 5.72. The summed E-state index contributed by atoms with van der Waals surface area (Å²) in [7, 11) is 0. The molecule has 0 radical (unpaired) electrons. The fourth-order valence-corrected chi connectivity index (χ4v) is 2.31. The minimum Gasteiger partial charge on any atom is -0.321 e. The highest BCUT2D eigenvalue weighted by atomic mass is 79.9. The lowest BCUT2D eigenvalue weighted by molar-refractivity contribution is 0.102. The Balaban J connectivity index is 2.25. The van der Waals surface area contributed by atoms with Gasteiger partial charge in [0.15, 0.2) is 0 Å². The third-order valence-electron chi connectivity index (χ3n) is 2.55. The molecule has 1 amide bonds. The van der Waals surface area contributed by atoms with Gasteiger partial charge in [-0.1, -0.05) is 33.6 Å². The summed E-state index contributed by atoms with van der Waals surface area (Å²) in [6, 6.07) is 9.50. The van der Waals surface area contributed by atoms with E-state index in [2.05, 4.69) is 21.2 Å². The quantitative estimate of drug-likeness (QED) is 0.834. The van der Waals surface area contributed by atoms with E-state index in [1.807, 2.05) is 0 Å². The van der Waals surface area contributed by atoms with Crippen molar-refractivity contribution < 1.29 is 9.18 Å². The lowest BCUT2D eigenvalue weighted by Gasteiger charge is -2.08. The number of amides is 1. The molecule has 2 nitrogen and oxygen atoms in total. The first-order valence-electron chi connectivity index (χ1n) is 5.50. The monoisotopic (exact) mass is 341 g/mol. The third-order valence-corrected chi connectivity index (χ3v) is 3.35. The predicted molar refractivity (Wildman–Crippen MR) is 78.2 cm³/mol. The Morgan fingerprint density at radius 2 is 2.00 bits per heavy atom. The SMILES string of the molecule is Cc1ccc(C(=O)Nc2ccc(Br)cc2Cl)c(F)c1. The maximum atomic E-state index is 13.7. The number of rotatable bonds is 2. The molecule has 98 valence electrons. The number of carbonyl (C=O) groups is 1. The van der Waals surface area contributed by atoms with Crippen LogP contribution < -0.4 is 5.32 Å². The van der Waals surface area contributed by atoms with Gasteiger partial charge >= 0.3 is 0 Å². The van der Waals surface area contributed by atoms with E-state index in [9.17, 15) is 9.18 Å².